The Bertz CT molecular complexity index is 242. The number of nitrogens with zero attached hydrogens (tertiary/aromatic N) is 1. The summed E-state index contributed by atoms with van der Waals surface area (Å²) in [5.41, 5.74) is 0. The van der Waals surface area contributed by atoms with Gasteiger partial charge in [0.25, 0.3) is 0 Å². The van der Waals surface area contributed by atoms with Crippen LogP contribution in [0.3, 0.4) is 0 Å². The third-order valence-corrected chi connectivity index (χ3v) is 1.55. The highest BCUT2D eigenvalue weighted by Gasteiger charge is 2.34. The molecule has 1 N–H and O–H groups in total. The first-order valence-electron chi connectivity index (χ1n) is 3.65. The van der Waals surface area contributed by atoms with Crippen molar-refractivity contribution >= 4 is 12.0 Å². The van der Waals surface area contributed by atoms with Gasteiger partial charge in [0.1, 0.15) is 6.17 Å². The average Bonchev–Trinajstić information content (AvgIpc) is 2.17. The van der Waals surface area contributed by atoms with E-state index in [4.69, 9.17) is 5.11 Å². The summed E-state index contributed by atoms with van der Waals surface area (Å²) in [6.45, 7) is -1.91. The van der Waals surface area contributed by atoms with E-state index in [1.807, 2.05) is 0 Å². The molecule has 0 aliphatic heterocycles. The van der Waals surface area contributed by atoms with Crippen LogP contribution in [0.1, 0.15) is 0 Å². The number of carboxylic acid groups (broad SMARTS) is 1. The van der Waals surface area contributed by atoms with E-state index in [1.165, 1.54) is 0 Å². The topological polar surface area (TPSA) is 66.7 Å². The summed E-state index contributed by atoms with van der Waals surface area (Å²) >= 11 is 0. The molecule has 7 heteroatoms. The minimum absolute atomic E-state index is 0.616. The maximum absolute atomic E-state index is 12.8. The Morgan fingerprint density at radius 2 is 2.07 bits per heavy atom. The van der Waals surface area contributed by atoms with Crippen molar-refractivity contribution in [2.45, 2.75) is 12.3 Å². The average molecular weight is 211 g/mol. The van der Waals surface area contributed by atoms with Crippen LogP contribution in [0.5, 0.6) is 0 Å². The van der Waals surface area contributed by atoms with Gasteiger partial charge in [-0.3, -0.25) is 4.39 Å². The number of alkyl halides is 3. The molecule has 3 unspecified atom stereocenters. The predicted molar refractivity (Wildman–Crippen MR) is 39.9 cm³/mol. The molecule has 80 valence electrons. The van der Waals surface area contributed by atoms with Crippen molar-refractivity contribution in [1.29, 1.82) is 0 Å². The Labute approximate surface area is 77.4 Å². The number of halogens is 3. The minimum Gasteiger partial charge on any atom is -0.479 e. The first-order chi connectivity index (χ1) is 6.54. The van der Waals surface area contributed by atoms with Crippen LogP contribution in [0.15, 0.2) is 4.99 Å². The third kappa shape index (κ3) is 3.57. The fourth-order valence-corrected chi connectivity index (χ4v) is 0.764. The summed E-state index contributed by atoms with van der Waals surface area (Å²) in [7, 11) is 0. The standard InChI is InChI=1S/C7H8F3NO3/c8-1-4(2-11-3-12)5(9)6(10)7(13)14/h4-6H,1-2H2,(H,13,14). The van der Waals surface area contributed by atoms with Gasteiger partial charge in [0.15, 0.2) is 0 Å². The Kier molecular flexibility index (Phi) is 5.55. The van der Waals surface area contributed by atoms with E-state index in [0.29, 0.717) is 0 Å². The number of aliphatic carboxylic acids is 1. The number of carbonyl (C=O) groups excluding carboxylic acids is 1. The van der Waals surface area contributed by atoms with Crippen LogP contribution in [0.4, 0.5) is 13.2 Å². The molecule has 0 aliphatic rings. The largest absolute Gasteiger partial charge is 0.479 e. The molecule has 4 nitrogen and oxygen atoms in total. The van der Waals surface area contributed by atoms with Crippen LogP contribution in [0.25, 0.3) is 0 Å². The minimum atomic E-state index is -2.81. The van der Waals surface area contributed by atoms with E-state index in [0.717, 1.165) is 6.08 Å². The molecule has 0 rings (SSSR count). The second kappa shape index (κ2) is 6.15. The maximum Gasteiger partial charge on any atom is 0.341 e. The summed E-state index contributed by atoms with van der Waals surface area (Å²) in [5, 5.41) is 8.08. The quantitative estimate of drug-likeness (QED) is 0.518. The van der Waals surface area contributed by atoms with Gasteiger partial charge in [-0.05, 0) is 0 Å². The van der Waals surface area contributed by atoms with E-state index in [9.17, 15) is 22.8 Å². The number of hydrogen-bond donors (Lipinski definition) is 1. The van der Waals surface area contributed by atoms with Crippen LogP contribution in [0, 0.1) is 5.92 Å². The first kappa shape index (κ1) is 12.6. The zero-order valence-electron chi connectivity index (χ0n) is 6.99. The Hall–Kier alpha value is -1.36. The molecule has 0 radical (unpaired) electrons. The van der Waals surface area contributed by atoms with E-state index in [-0.39, 0.29) is 0 Å². The predicted octanol–water partition coefficient (Wildman–Crippen LogP) is 0.669. The SMILES string of the molecule is O=C=NCC(CF)C(F)C(F)C(=O)O. The molecule has 0 bridgehead atoms. The van der Waals surface area contributed by atoms with E-state index in [2.05, 4.69) is 4.99 Å². The first-order valence-corrected chi connectivity index (χ1v) is 3.65. The third-order valence-electron chi connectivity index (χ3n) is 1.55. The van der Waals surface area contributed by atoms with Crippen molar-refractivity contribution in [2.24, 2.45) is 10.9 Å². The molecule has 0 aromatic carbocycles. The van der Waals surface area contributed by atoms with Gasteiger partial charge in [-0.25, -0.2) is 23.4 Å². The zero-order valence-corrected chi connectivity index (χ0v) is 6.99. The fraction of sp³-hybridized carbons (Fsp3) is 0.714. The van der Waals surface area contributed by atoms with Crippen LogP contribution in [0.2, 0.25) is 0 Å². The Morgan fingerprint density at radius 1 is 1.50 bits per heavy atom. The molecular formula is C7H8F3NO3. The monoisotopic (exact) mass is 211 g/mol. The molecule has 0 amide bonds. The molecule has 14 heavy (non-hydrogen) atoms. The van der Waals surface area contributed by atoms with Gasteiger partial charge in [0, 0.05) is 5.92 Å². The van der Waals surface area contributed by atoms with Crippen molar-refractivity contribution in [1.82, 2.24) is 0 Å². The lowest BCUT2D eigenvalue weighted by atomic mass is 10.0. The highest BCUT2D eigenvalue weighted by atomic mass is 19.2. The van der Waals surface area contributed by atoms with Gasteiger partial charge < -0.3 is 5.11 Å². The molecule has 0 saturated heterocycles. The molecule has 3 atom stereocenters. The van der Waals surface area contributed by atoms with Gasteiger partial charge in [0.05, 0.1) is 13.2 Å². The van der Waals surface area contributed by atoms with Crippen molar-refractivity contribution in [3.8, 4) is 0 Å². The number of carboxylic acids is 1. The van der Waals surface area contributed by atoms with Crippen LogP contribution in [-0.4, -0.2) is 42.7 Å². The summed E-state index contributed by atoms with van der Waals surface area (Å²) in [6.07, 6.45) is -4.30. The lowest BCUT2D eigenvalue weighted by molar-refractivity contribution is -0.146. The number of aliphatic imine (C=N–C) groups is 1. The van der Waals surface area contributed by atoms with E-state index < -0.39 is 37.4 Å². The summed E-state index contributed by atoms with van der Waals surface area (Å²) in [6, 6.07) is 0. The van der Waals surface area contributed by atoms with Gasteiger partial charge in [-0.2, -0.15) is 0 Å². The summed E-state index contributed by atoms with van der Waals surface area (Å²) in [4.78, 5) is 22.5. The normalized spacial score (nSPS) is 16.5. The molecule has 0 fully saturated rings. The van der Waals surface area contributed by atoms with Gasteiger partial charge in [0.2, 0.25) is 12.3 Å². The van der Waals surface area contributed by atoms with Gasteiger partial charge in [-0.1, -0.05) is 0 Å². The summed E-state index contributed by atoms with van der Waals surface area (Å²) in [5.74, 6) is -3.58. The van der Waals surface area contributed by atoms with Crippen LogP contribution >= 0.6 is 0 Å². The van der Waals surface area contributed by atoms with E-state index >= 15 is 0 Å². The second-order valence-electron chi connectivity index (χ2n) is 2.53. The van der Waals surface area contributed by atoms with E-state index in [1.54, 1.807) is 0 Å². The highest BCUT2D eigenvalue weighted by Crippen LogP contribution is 2.16. The fourth-order valence-electron chi connectivity index (χ4n) is 0.764. The van der Waals surface area contributed by atoms with Crippen LogP contribution in [-0.2, 0) is 9.59 Å². The summed E-state index contributed by atoms with van der Waals surface area (Å²) < 4.78 is 37.4. The number of hydrogen-bond acceptors (Lipinski definition) is 3. The van der Waals surface area contributed by atoms with Crippen LogP contribution < -0.4 is 0 Å². The molecule has 0 saturated carbocycles. The Balaban J connectivity index is 4.35. The number of isocyanates is 1. The molecular weight excluding hydrogens is 203 g/mol. The van der Waals surface area contributed by atoms with Gasteiger partial charge in [-0.15, -0.1) is 0 Å². The number of rotatable bonds is 6. The van der Waals surface area contributed by atoms with Crippen molar-refractivity contribution in [3.63, 3.8) is 0 Å². The number of carbonyl (C=O) groups is 1. The smallest absolute Gasteiger partial charge is 0.341 e. The Morgan fingerprint density at radius 3 is 2.43 bits per heavy atom. The molecule has 0 aromatic heterocycles. The maximum atomic E-state index is 12.8. The lowest BCUT2D eigenvalue weighted by Crippen LogP contribution is -2.35. The van der Waals surface area contributed by atoms with Crippen molar-refractivity contribution in [3.05, 3.63) is 0 Å². The molecule has 0 aromatic rings. The lowest BCUT2D eigenvalue weighted by Gasteiger charge is -2.16. The van der Waals surface area contributed by atoms with Gasteiger partial charge >= 0.3 is 5.97 Å². The second-order valence-corrected chi connectivity index (χ2v) is 2.53. The molecule has 0 heterocycles. The van der Waals surface area contributed by atoms with Crippen molar-refractivity contribution in [2.75, 3.05) is 13.2 Å². The highest BCUT2D eigenvalue weighted by molar-refractivity contribution is 5.72. The van der Waals surface area contributed by atoms with Crippen molar-refractivity contribution < 1.29 is 27.9 Å². The molecule has 0 aliphatic carbocycles. The molecule has 0 spiro atoms. The zero-order chi connectivity index (χ0) is 11.1.